The van der Waals surface area contributed by atoms with Gasteiger partial charge < -0.3 is 4.84 Å². The van der Waals surface area contributed by atoms with Crippen LogP contribution in [-0.2, 0) is 10.4 Å². The molecule has 20 heavy (non-hydrogen) atoms. The van der Waals surface area contributed by atoms with Crippen LogP contribution in [0.4, 0.5) is 0 Å². The van der Waals surface area contributed by atoms with Crippen LogP contribution < -0.4 is 5.48 Å². The molecule has 1 N–H and O–H groups in total. The van der Waals surface area contributed by atoms with Crippen molar-refractivity contribution in [2.45, 2.75) is 52.0 Å². The first-order chi connectivity index (χ1) is 9.50. The van der Waals surface area contributed by atoms with E-state index in [1.807, 2.05) is 19.9 Å². The molecule has 0 saturated carbocycles. The summed E-state index contributed by atoms with van der Waals surface area (Å²) in [5.74, 6) is -0.286. The molecule has 1 aromatic carbocycles. The average molecular weight is 271 g/mol. The first kappa shape index (κ1) is 13.4. The van der Waals surface area contributed by atoms with Crippen molar-refractivity contribution in [2.24, 2.45) is 0 Å². The largest absolute Gasteiger partial charge is 0.366 e. The van der Waals surface area contributed by atoms with Crippen LogP contribution in [0.2, 0.25) is 0 Å². The molecule has 3 rings (SSSR count). The lowest BCUT2D eigenvalue weighted by Gasteiger charge is -2.34. The number of benzene rings is 1. The summed E-state index contributed by atoms with van der Waals surface area (Å²) < 4.78 is 0. The Bertz CT molecular complexity index is 599. The number of allylic oxidation sites excluding steroid dienone is 2. The van der Waals surface area contributed by atoms with Crippen LogP contribution in [-0.4, -0.2) is 5.97 Å². The fraction of sp³-hybridized carbons (Fsp3) is 0.471. The van der Waals surface area contributed by atoms with Crippen molar-refractivity contribution in [1.82, 2.24) is 5.48 Å². The minimum absolute atomic E-state index is 0.286. The summed E-state index contributed by atoms with van der Waals surface area (Å²) in [7, 11) is 0. The smallest absolute Gasteiger partial charge is 0.357 e. The standard InChI is InChI=1S/C17H21NO2/c1-11-13(12-7-5-4-6-8-12)9-10-14-15(11)17(2,3)18-20-16(14)19/h7,9-10,18H,4-6,8H2,1-3H3. The first-order valence-corrected chi connectivity index (χ1v) is 7.32. The predicted molar refractivity (Wildman–Crippen MR) is 79.2 cm³/mol. The zero-order valence-electron chi connectivity index (χ0n) is 12.4. The summed E-state index contributed by atoms with van der Waals surface area (Å²) in [6.45, 7) is 6.21. The van der Waals surface area contributed by atoms with E-state index in [2.05, 4.69) is 24.5 Å². The van der Waals surface area contributed by atoms with E-state index in [4.69, 9.17) is 4.84 Å². The number of hydrogen-bond acceptors (Lipinski definition) is 3. The van der Waals surface area contributed by atoms with Crippen molar-refractivity contribution in [3.63, 3.8) is 0 Å². The minimum atomic E-state index is -0.349. The van der Waals surface area contributed by atoms with Crippen LogP contribution in [0.3, 0.4) is 0 Å². The molecule has 3 heteroatoms. The molecule has 1 heterocycles. The summed E-state index contributed by atoms with van der Waals surface area (Å²) in [5.41, 5.74) is 8.18. The molecule has 0 amide bonds. The number of nitrogens with one attached hydrogen (secondary N) is 1. The molecule has 106 valence electrons. The molecular weight excluding hydrogens is 250 g/mol. The third kappa shape index (κ3) is 2.06. The summed E-state index contributed by atoms with van der Waals surface area (Å²) in [5, 5.41) is 0. The molecule has 2 aliphatic rings. The van der Waals surface area contributed by atoms with Crippen LogP contribution in [0.25, 0.3) is 5.57 Å². The average Bonchev–Trinajstić information content (AvgIpc) is 2.44. The second kappa shape index (κ2) is 4.74. The number of hydrogen-bond donors (Lipinski definition) is 1. The molecule has 0 saturated heterocycles. The highest BCUT2D eigenvalue weighted by Crippen LogP contribution is 2.37. The van der Waals surface area contributed by atoms with E-state index < -0.39 is 0 Å². The normalized spacial score (nSPS) is 20.9. The van der Waals surface area contributed by atoms with Crippen molar-refractivity contribution in [3.8, 4) is 0 Å². The van der Waals surface area contributed by atoms with E-state index in [-0.39, 0.29) is 11.5 Å². The van der Waals surface area contributed by atoms with Crippen molar-refractivity contribution >= 4 is 11.5 Å². The maximum atomic E-state index is 11.9. The Morgan fingerprint density at radius 2 is 1.95 bits per heavy atom. The third-order valence-electron chi connectivity index (χ3n) is 4.35. The van der Waals surface area contributed by atoms with Gasteiger partial charge in [0.25, 0.3) is 0 Å². The van der Waals surface area contributed by atoms with E-state index in [0.29, 0.717) is 5.56 Å². The van der Waals surface area contributed by atoms with Crippen molar-refractivity contribution in [3.05, 3.63) is 40.5 Å². The van der Waals surface area contributed by atoms with Crippen molar-refractivity contribution in [2.75, 3.05) is 0 Å². The summed E-state index contributed by atoms with van der Waals surface area (Å²) in [6.07, 6.45) is 7.19. The maximum absolute atomic E-state index is 11.9. The fourth-order valence-electron chi connectivity index (χ4n) is 3.40. The van der Waals surface area contributed by atoms with E-state index >= 15 is 0 Å². The molecule has 1 aliphatic carbocycles. The molecule has 0 spiro atoms. The Morgan fingerprint density at radius 1 is 1.20 bits per heavy atom. The second-order valence-corrected chi connectivity index (χ2v) is 6.25. The van der Waals surface area contributed by atoms with Gasteiger partial charge in [0.2, 0.25) is 0 Å². The number of carbonyl (C=O) groups excluding carboxylic acids is 1. The molecule has 1 aromatic rings. The Kier molecular flexibility index (Phi) is 3.17. The van der Waals surface area contributed by atoms with Gasteiger partial charge in [-0.1, -0.05) is 12.1 Å². The fourth-order valence-corrected chi connectivity index (χ4v) is 3.40. The quantitative estimate of drug-likeness (QED) is 0.842. The highest BCUT2D eigenvalue weighted by Gasteiger charge is 2.35. The molecule has 0 atom stereocenters. The van der Waals surface area contributed by atoms with Gasteiger partial charge in [0, 0.05) is 0 Å². The highest BCUT2D eigenvalue weighted by atomic mass is 16.7. The third-order valence-corrected chi connectivity index (χ3v) is 4.35. The molecular formula is C17H21NO2. The van der Waals surface area contributed by atoms with Crippen molar-refractivity contribution < 1.29 is 9.63 Å². The second-order valence-electron chi connectivity index (χ2n) is 6.25. The molecule has 0 aromatic heterocycles. The SMILES string of the molecule is Cc1c(C2=CCCCC2)ccc2c1C(C)(C)NOC2=O. The van der Waals surface area contributed by atoms with Gasteiger partial charge >= 0.3 is 5.97 Å². The summed E-state index contributed by atoms with van der Waals surface area (Å²) in [4.78, 5) is 17.0. The summed E-state index contributed by atoms with van der Waals surface area (Å²) >= 11 is 0. The van der Waals surface area contributed by atoms with E-state index in [1.54, 1.807) is 0 Å². The van der Waals surface area contributed by atoms with Crippen LogP contribution in [0.15, 0.2) is 18.2 Å². The van der Waals surface area contributed by atoms with Crippen LogP contribution in [0, 0.1) is 6.92 Å². The maximum Gasteiger partial charge on any atom is 0.357 e. The van der Waals surface area contributed by atoms with Gasteiger partial charge in [-0.05, 0) is 74.8 Å². The number of rotatable bonds is 1. The zero-order valence-corrected chi connectivity index (χ0v) is 12.4. The van der Waals surface area contributed by atoms with Gasteiger partial charge in [0.05, 0.1) is 11.1 Å². The monoisotopic (exact) mass is 271 g/mol. The molecule has 3 nitrogen and oxygen atoms in total. The zero-order chi connectivity index (χ0) is 14.3. The highest BCUT2D eigenvalue weighted by molar-refractivity contribution is 5.93. The predicted octanol–water partition coefficient (Wildman–Crippen LogP) is 3.86. The van der Waals surface area contributed by atoms with Gasteiger partial charge in [0.15, 0.2) is 0 Å². The Morgan fingerprint density at radius 3 is 2.65 bits per heavy atom. The minimum Gasteiger partial charge on any atom is -0.366 e. The first-order valence-electron chi connectivity index (χ1n) is 7.32. The van der Waals surface area contributed by atoms with Crippen LogP contribution in [0.1, 0.15) is 66.6 Å². The van der Waals surface area contributed by atoms with Gasteiger partial charge in [0.1, 0.15) is 0 Å². The Balaban J connectivity index is 2.17. The Hall–Kier alpha value is -1.61. The molecule has 0 bridgehead atoms. The lowest BCUT2D eigenvalue weighted by molar-refractivity contribution is -0.00822. The molecule has 0 unspecified atom stereocenters. The van der Waals surface area contributed by atoms with E-state index in [0.717, 1.165) is 18.4 Å². The van der Waals surface area contributed by atoms with Crippen molar-refractivity contribution in [1.29, 1.82) is 0 Å². The van der Waals surface area contributed by atoms with Gasteiger partial charge in [-0.3, -0.25) is 0 Å². The van der Waals surface area contributed by atoms with Gasteiger partial charge in [-0.2, -0.15) is 0 Å². The van der Waals surface area contributed by atoms with Crippen LogP contribution >= 0.6 is 0 Å². The number of carbonyl (C=O) groups is 1. The van der Waals surface area contributed by atoms with E-state index in [9.17, 15) is 4.79 Å². The lowest BCUT2D eigenvalue weighted by Crippen LogP contribution is -2.44. The number of fused-ring (bicyclic) bond motifs is 1. The number of hydroxylamine groups is 1. The lowest BCUT2D eigenvalue weighted by atomic mass is 9.81. The van der Waals surface area contributed by atoms with Gasteiger partial charge in [-0.25, -0.2) is 4.79 Å². The molecule has 0 fully saturated rings. The topological polar surface area (TPSA) is 38.3 Å². The van der Waals surface area contributed by atoms with E-state index in [1.165, 1.54) is 29.5 Å². The van der Waals surface area contributed by atoms with Crippen LogP contribution in [0.5, 0.6) is 0 Å². The Labute approximate surface area is 120 Å². The van der Waals surface area contributed by atoms with Gasteiger partial charge in [-0.15, -0.1) is 5.48 Å². The molecule has 1 aliphatic heterocycles. The molecule has 0 radical (unpaired) electrons. The summed E-state index contributed by atoms with van der Waals surface area (Å²) in [6, 6.07) is 3.99.